The monoisotopic (exact) mass is 560 g/mol. The van der Waals surface area contributed by atoms with Crippen LogP contribution in [0.3, 0.4) is 0 Å². The normalized spacial score (nSPS) is 14.5. The third kappa shape index (κ3) is 5.22. The van der Waals surface area contributed by atoms with Gasteiger partial charge in [-0.25, -0.2) is 9.69 Å². The number of nitrogens with one attached hydrogen (secondary N) is 1. The molecule has 0 aromatic heterocycles. The van der Waals surface area contributed by atoms with E-state index in [1.165, 1.54) is 0 Å². The highest BCUT2D eigenvalue weighted by molar-refractivity contribution is 9.10. The summed E-state index contributed by atoms with van der Waals surface area (Å²) >= 11 is 15.8. The van der Waals surface area contributed by atoms with Gasteiger partial charge in [0, 0.05) is 15.6 Å². The lowest BCUT2D eigenvalue weighted by molar-refractivity contribution is -0.113. The van der Waals surface area contributed by atoms with E-state index in [1.54, 1.807) is 48.5 Å². The summed E-state index contributed by atoms with van der Waals surface area (Å²) in [5.74, 6) is 0.505. The zero-order chi connectivity index (χ0) is 24.2. The van der Waals surface area contributed by atoms with Crippen molar-refractivity contribution < 1.29 is 19.1 Å². The van der Waals surface area contributed by atoms with E-state index in [-0.39, 0.29) is 12.3 Å². The molecular weight excluding hydrogens is 543 g/mol. The van der Waals surface area contributed by atoms with Crippen molar-refractivity contribution in [3.8, 4) is 11.5 Å². The number of imide groups is 1. The number of urea groups is 1. The number of rotatable bonds is 7. The van der Waals surface area contributed by atoms with Gasteiger partial charge in [-0.1, -0.05) is 47.5 Å². The molecule has 0 unspecified atom stereocenters. The molecule has 1 saturated heterocycles. The molecule has 1 heterocycles. The second kappa shape index (κ2) is 10.5. The van der Waals surface area contributed by atoms with Crippen LogP contribution in [0.25, 0.3) is 6.08 Å². The smallest absolute Gasteiger partial charge is 0.333 e. The number of carbonyl (C=O) groups is 2. The molecule has 34 heavy (non-hydrogen) atoms. The predicted octanol–water partition coefficient (Wildman–Crippen LogP) is 6.83. The first-order valence-electron chi connectivity index (χ1n) is 10.3. The summed E-state index contributed by atoms with van der Waals surface area (Å²) in [5.41, 5.74) is 1.99. The van der Waals surface area contributed by atoms with Crippen LogP contribution in [0.4, 0.5) is 10.5 Å². The molecule has 1 aliphatic rings. The molecule has 9 heteroatoms. The maximum atomic E-state index is 12.9. The average molecular weight is 562 g/mol. The van der Waals surface area contributed by atoms with Gasteiger partial charge in [0.15, 0.2) is 11.5 Å². The van der Waals surface area contributed by atoms with Crippen molar-refractivity contribution in [1.29, 1.82) is 0 Å². The molecule has 0 atom stereocenters. The van der Waals surface area contributed by atoms with Gasteiger partial charge in [0.1, 0.15) is 12.3 Å². The van der Waals surface area contributed by atoms with Crippen molar-refractivity contribution in [1.82, 2.24) is 5.32 Å². The molecule has 0 bridgehead atoms. The fourth-order valence-corrected chi connectivity index (χ4v) is 4.34. The van der Waals surface area contributed by atoms with E-state index in [1.807, 2.05) is 25.1 Å². The van der Waals surface area contributed by atoms with Gasteiger partial charge in [0.25, 0.3) is 5.91 Å². The van der Waals surface area contributed by atoms with Crippen LogP contribution >= 0.6 is 39.1 Å². The molecule has 1 fully saturated rings. The Morgan fingerprint density at radius 1 is 1.03 bits per heavy atom. The quantitative estimate of drug-likeness (QED) is 0.253. The number of hydrogen-bond donors (Lipinski definition) is 1. The minimum Gasteiger partial charge on any atom is -0.490 e. The van der Waals surface area contributed by atoms with E-state index >= 15 is 0 Å². The maximum Gasteiger partial charge on any atom is 0.333 e. The van der Waals surface area contributed by atoms with Crippen LogP contribution in [0.1, 0.15) is 18.1 Å². The van der Waals surface area contributed by atoms with Gasteiger partial charge in [-0.3, -0.25) is 4.79 Å². The minimum atomic E-state index is -0.553. The highest BCUT2D eigenvalue weighted by Gasteiger charge is 2.35. The second-order valence-electron chi connectivity index (χ2n) is 7.25. The molecular formula is C25H19BrCl2N2O4. The standard InChI is InChI=1S/C25H19BrCl2N2O4/c1-2-33-22-12-15(10-19(26)23(22)34-14-16-6-3-4-9-20(16)28)11-21-24(31)30(25(32)29-21)18-8-5-7-17(27)13-18/h3-13H,2,14H2,1H3,(H,29,32)/b21-11+. The molecule has 0 radical (unpaired) electrons. The first-order valence-corrected chi connectivity index (χ1v) is 11.9. The third-order valence-electron chi connectivity index (χ3n) is 4.92. The highest BCUT2D eigenvalue weighted by atomic mass is 79.9. The van der Waals surface area contributed by atoms with E-state index in [0.717, 1.165) is 10.5 Å². The number of hydrogen-bond acceptors (Lipinski definition) is 4. The summed E-state index contributed by atoms with van der Waals surface area (Å²) in [7, 11) is 0. The molecule has 0 spiro atoms. The van der Waals surface area contributed by atoms with Crippen LogP contribution in [-0.4, -0.2) is 18.5 Å². The summed E-state index contributed by atoms with van der Waals surface area (Å²) in [5, 5.41) is 3.65. The number of amides is 3. The van der Waals surface area contributed by atoms with E-state index in [0.29, 0.717) is 43.9 Å². The molecule has 0 aliphatic carbocycles. The van der Waals surface area contributed by atoms with E-state index < -0.39 is 11.9 Å². The van der Waals surface area contributed by atoms with E-state index in [2.05, 4.69) is 21.2 Å². The number of halogens is 3. The number of ether oxygens (including phenoxy) is 2. The van der Waals surface area contributed by atoms with Crippen molar-refractivity contribution in [3.63, 3.8) is 0 Å². The van der Waals surface area contributed by atoms with Gasteiger partial charge in [0.05, 0.1) is 16.8 Å². The van der Waals surface area contributed by atoms with Gasteiger partial charge in [-0.2, -0.15) is 0 Å². The first-order chi connectivity index (χ1) is 16.4. The molecule has 3 amide bonds. The fourth-order valence-electron chi connectivity index (χ4n) is 3.39. The Bertz CT molecular complexity index is 1300. The molecule has 0 saturated carbocycles. The van der Waals surface area contributed by atoms with Gasteiger partial charge in [-0.15, -0.1) is 0 Å². The Morgan fingerprint density at radius 2 is 1.82 bits per heavy atom. The van der Waals surface area contributed by atoms with Crippen LogP contribution in [0, 0.1) is 0 Å². The van der Waals surface area contributed by atoms with E-state index in [9.17, 15) is 9.59 Å². The number of benzene rings is 3. The van der Waals surface area contributed by atoms with Crippen LogP contribution < -0.4 is 19.7 Å². The minimum absolute atomic E-state index is 0.129. The van der Waals surface area contributed by atoms with Crippen molar-refractivity contribution in [2.24, 2.45) is 0 Å². The largest absolute Gasteiger partial charge is 0.490 e. The number of nitrogens with zero attached hydrogens (tertiary/aromatic N) is 1. The van der Waals surface area contributed by atoms with Crippen LogP contribution in [0.5, 0.6) is 11.5 Å². The summed E-state index contributed by atoms with van der Waals surface area (Å²) < 4.78 is 12.4. The fraction of sp³-hybridized carbons (Fsp3) is 0.120. The summed E-state index contributed by atoms with van der Waals surface area (Å²) in [4.78, 5) is 26.5. The molecule has 1 aliphatic heterocycles. The van der Waals surface area contributed by atoms with Gasteiger partial charge >= 0.3 is 6.03 Å². The lowest BCUT2D eigenvalue weighted by Gasteiger charge is -2.15. The topological polar surface area (TPSA) is 67.9 Å². The van der Waals surface area contributed by atoms with Gasteiger partial charge in [-0.05, 0) is 70.9 Å². The molecule has 174 valence electrons. The maximum absolute atomic E-state index is 12.9. The Labute approximate surface area is 215 Å². The van der Waals surface area contributed by atoms with Gasteiger partial charge in [0.2, 0.25) is 0 Å². The molecule has 3 aromatic rings. The lowest BCUT2D eigenvalue weighted by atomic mass is 10.1. The van der Waals surface area contributed by atoms with Crippen molar-refractivity contribution in [2.75, 3.05) is 11.5 Å². The molecule has 6 nitrogen and oxygen atoms in total. The molecule has 3 aromatic carbocycles. The van der Waals surface area contributed by atoms with E-state index in [4.69, 9.17) is 32.7 Å². The summed E-state index contributed by atoms with van der Waals surface area (Å²) in [6, 6.07) is 16.9. The summed E-state index contributed by atoms with van der Waals surface area (Å²) in [6.07, 6.45) is 1.58. The molecule has 1 N–H and O–H groups in total. The van der Waals surface area contributed by atoms with Crippen LogP contribution in [0.2, 0.25) is 10.0 Å². The third-order valence-corrected chi connectivity index (χ3v) is 6.11. The van der Waals surface area contributed by atoms with Crippen LogP contribution in [0.15, 0.2) is 70.8 Å². The van der Waals surface area contributed by atoms with Crippen molar-refractivity contribution in [3.05, 3.63) is 92.0 Å². The SMILES string of the molecule is CCOc1cc(/C=C2/NC(=O)N(c3cccc(Cl)c3)C2=O)cc(Br)c1OCc1ccccc1Cl. The second-order valence-corrected chi connectivity index (χ2v) is 8.95. The predicted molar refractivity (Wildman–Crippen MR) is 137 cm³/mol. The summed E-state index contributed by atoms with van der Waals surface area (Å²) in [6.45, 7) is 2.52. The Hall–Kier alpha value is -3.00. The Morgan fingerprint density at radius 3 is 2.56 bits per heavy atom. The van der Waals surface area contributed by atoms with Crippen molar-refractivity contribution >= 4 is 62.8 Å². The average Bonchev–Trinajstić information content (AvgIpc) is 3.07. The molecule has 4 rings (SSSR count). The Kier molecular flexibility index (Phi) is 7.46. The van der Waals surface area contributed by atoms with Gasteiger partial charge < -0.3 is 14.8 Å². The Balaban J connectivity index is 1.61. The number of carbonyl (C=O) groups excluding carboxylic acids is 2. The zero-order valence-electron chi connectivity index (χ0n) is 18.0. The first kappa shape index (κ1) is 24.1. The lowest BCUT2D eigenvalue weighted by Crippen LogP contribution is -2.30. The number of anilines is 1. The zero-order valence-corrected chi connectivity index (χ0v) is 21.1. The van der Waals surface area contributed by atoms with Crippen molar-refractivity contribution in [2.45, 2.75) is 13.5 Å². The van der Waals surface area contributed by atoms with Crippen LogP contribution in [-0.2, 0) is 11.4 Å². The highest BCUT2D eigenvalue weighted by Crippen LogP contribution is 2.38.